The van der Waals surface area contributed by atoms with Crippen molar-refractivity contribution in [1.29, 1.82) is 0 Å². The van der Waals surface area contributed by atoms with Crippen LogP contribution in [0.5, 0.6) is 0 Å². The van der Waals surface area contributed by atoms with Crippen molar-refractivity contribution in [3.63, 3.8) is 0 Å². The standard InChI is InChI=1S/C20H23IN4O2/c1-24-9-11-25(12-10-24)14-19(26)15-3-2-4-18(13-15)23-20(27)22-17-7-5-16(21)6-8-17/h2-8,13H,9-12,14H2,1H3,(H2,22,23,27). The maximum absolute atomic E-state index is 12.6. The van der Waals surface area contributed by atoms with Crippen molar-refractivity contribution in [3.05, 3.63) is 57.7 Å². The molecule has 1 aliphatic rings. The van der Waals surface area contributed by atoms with Crippen LogP contribution in [0.1, 0.15) is 10.4 Å². The summed E-state index contributed by atoms with van der Waals surface area (Å²) in [6, 6.07) is 14.3. The molecule has 1 aliphatic heterocycles. The first-order valence-electron chi connectivity index (χ1n) is 8.87. The van der Waals surface area contributed by atoms with Crippen LogP contribution in [-0.4, -0.2) is 61.4 Å². The highest BCUT2D eigenvalue weighted by atomic mass is 127. The van der Waals surface area contributed by atoms with E-state index in [1.165, 1.54) is 0 Å². The Morgan fingerprint density at radius 1 is 0.963 bits per heavy atom. The number of urea groups is 1. The molecular weight excluding hydrogens is 455 g/mol. The summed E-state index contributed by atoms with van der Waals surface area (Å²) in [5.74, 6) is 0.0706. The zero-order chi connectivity index (χ0) is 19.2. The fourth-order valence-corrected chi connectivity index (χ4v) is 3.26. The summed E-state index contributed by atoms with van der Waals surface area (Å²) in [6.07, 6.45) is 0. The van der Waals surface area contributed by atoms with Crippen molar-refractivity contribution in [1.82, 2.24) is 9.80 Å². The number of carbonyl (C=O) groups is 2. The predicted molar refractivity (Wildman–Crippen MR) is 117 cm³/mol. The molecule has 1 heterocycles. The molecule has 1 saturated heterocycles. The van der Waals surface area contributed by atoms with Gasteiger partial charge >= 0.3 is 6.03 Å². The van der Waals surface area contributed by atoms with Gasteiger partial charge in [-0.05, 0) is 66.0 Å². The second-order valence-corrected chi connectivity index (χ2v) is 7.92. The maximum atomic E-state index is 12.6. The molecule has 2 aromatic carbocycles. The molecule has 0 radical (unpaired) electrons. The molecule has 142 valence electrons. The molecule has 0 spiro atoms. The van der Waals surface area contributed by atoms with Crippen LogP contribution in [0.25, 0.3) is 0 Å². The minimum atomic E-state index is -0.333. The van der Waals surface area contributed by atoms with E-state index in [-0.39, 0.29) is 11.8 Å². The Labute approximate surface area is 173 Å². The number of ketones is 1. The molecule has 0 saturated carbocycles. The van der Waals surface area contributed by atoms with Crippen molar-refractivity contribution in [2.75, 3.05) is 50.4 Å². The van der Waals surface area contributed by atoms with Crippen molar-refractivity contribution in [2.24, 2.45) is 0 Å². The van der Waals surface area contributed by atoms with E-state index in [4.69, 9.17) is 0 Å². The van der Waals surface area contributed by atoms with E-state index in [1.807, 2.05) is 24.3 Å². The Morgan fingerprint density at radius 3 is 2.33 bits per heavy atom. The van der Waals surface area contributed by atoms with Crippen LogP contribution < -0.4 is 10.6 Å². The number of likely N-dealkylation sites (N-methyl/N-ethyl adjacent to an activating group) is 1. The Balaban J connectivity index is 1.57. The smallest absolute Gasteiger partial charge is 0.308 e. The van der Waals surface area contributed by atoms with Crippen LogP contribution in [0.3, 0.4) is 0 Å². The number of nitrogens with zero attached hydrogens (tertiary/aromatic N) is 2. The van der Waals surface area contributed by atoms with Crippen LogP contribution in [0.2, 0.25) is 0 Å². The lowest BCUT2D eigenvalue weighted by molar-refractivity contribution is 0.0876. The number of benzene rings is 2. The fourth-order valence-electron chi connectivity index (χ4n) is 2.90. The summed E-state index contributed by atoms with van der Waals surface area (Å²) >= 11 is 2.21. The normalized spacial score (nSPS) is 15.3. The van der Waals surface area contributed by atoms with E-state index in [0.717, 1.165) is 35.4 Å². The molecule has 2 amide bonds. The zero-order valence-corrected chi connectivity index (χ0v) is 17.4. The predicted octanol–water partition coefficient (Wildman–Crippen LogP) is 3.37. The first-order valence-corrected chi connectivity index (χ1v) is 9.95. The highest BCUT2D eigenvalue weighted by molar-refractivity contribution is 14.1. The largest absolute Gasteiger partial charge is 0.323 e. The molecule has 6 nitrogen and oxygen atoms in total. The molecule has 7 heteroatoms. The molecule has 0 atom stereocenters. The number of carbonyl (C=O) groups excluding carboxylic acids is 2. The quantitative estimate of drug-likeness (QED) is 0.511. The minimum Gasteiger partial charge on any atom is -0.308 e. The highest BCUT2D eigenvalue weighted by Gasteiger charge is 2.17. The van der Waals surface area contributed by atoms with Crippen molar-refractivity contribution in [2.45, 2.75) is 0 Å². The van der Waals surface area contributed by atoms with Gasteiger partial charge in [-0.1, -0.05) is 12.1 Å². The number of Topliss-reactive ketones (excluding diaryl/α,β-unsaturated/α-hetero) is 1. The molecule has 2 aromatic rings. The first kappa shape index (κ1) is 19.8. The van der Waals surface area contributed by atoms with Gasteiger partial charge in [0.1, 0.15) is 0 Å². The second-order valence-electron chi connectivity index (χ2n) is 6.67. The Bertz CT molecular complexity index is 802. The molecule has 1 fully saturated rings. The van der Waals surface area contributed by atoms with E-state index in [1.54, 1.807) is 24.3 Å². The lowest BCUT2D eigenvalue weighted by Crippen LogP contribution is -2.46. The Hall–Kier alpha value is -1.97. The highest BCUT2D eigenvalue weighted by Crippen LogP contribution is 2.15. The van der Waals surface area contributed by atoms with E-state index >= 15 is 0 Å². The van der Waals surface area contributed by atoms with E-state index in [0.29, 0.717) is 17.8 Å². The summed E-state index contributed by atoms with van der Waals surface area (Å²) in [6.45, 7) is 4.17. The SMILES string of the molecule is CN1CCN(CC(=O)c2cccc(NC(=O)Nc3ccc(I)cc3)c2)CC1. The zero-order valence-electron chi connectivity index (χ0n) is 15.2. The van der Waals surface area contributed by atoms with Crippen LogP contribution in [-0.2, 0) is 0 Å². The van der Waals surface area contributed by atoms with Gasteiger partial charge in [0.05, 0.1) is 6.54 Å². The second kappa shape index (κ2) is 9.29. The molecule has 0 bridgehead atoms. The first-order chi connectivity index (χ1) is 13.0. The monoisotopic (exact) mass is 478 g/mol. The third-order valence-corrected chi connectivity index (χ3v) is 5.23. The molecule has 2 N–H and O–H groups in total. The average molecular weight is 478 g/mol. The van der Waals surface area contributed by atoms with E-state index in [2.05, 4.69) is 50.1 Å². The Morgan fingerprint density at radius 2 is 1.63 bits per heavy atom. The summed E-state index contributed by atoms with van der Waals surface area (Å²) < 4.78 is 1.10. The van der Waals surface area contributed by atoms with E-state index in [9.17, 15) is 9.59 Å². The van der Waals surface area contributed by atoms with Crippen molar-refractivity contribution < 1.29 is 9.59 Å². The van der Waals surface area contributed by atoms with Gasteiger partial charge in [-0.25, -0.2) is 4.79 Å². The number of hydrogen-bond donors (Lipinski definition) is 2. The van der Waals surface area contributed by atoms with Crippen LogP contribution in [0.15, 0.2) is 48.5 Å². The average Bonchev–Trinajstić information content (AvgIpc) is 2.65. The summed E-state index contributed by atoms with van der Waals surface area (Å²) in [7, 11) is 2.09. The lowest BCUT2D eigenvalue weighted by atomic mass is 10.1. The van der Waals surface area contributed by atoms with Crippen LogP contribution in [0, 0.1) is 3.57 Å². The molecule has 0 unspecified atom stereocenters. The van der Waals surface area contributed by atoms with Gasteiger partial charge < -0.3 is 15.5 Å². The fraction of sp³-hybridized carbons (Fsp3) is 0.300. The van der Waals surface area contributed by atoms with Gasteiger partial charge in [-0.3, -0.25) is 9.69 Å². The number of hydrogen-bond acceptors (Lipinski definition) is 4. The summed E-state index contributed by atoms with van der Waals surface area (Å²) in [5.41, 5.74) is 1.93. The van der Waals surface area contributed by atoms with Gasteiger partial charge in [0.25, 0.3) is 0 Å². The third-order valence-electron chi connectivity index (χ3n) is 4.51. The molecule has 0 aromatic heterocycles. The molecule has 27 heavy (non-hydrogen) atoms. The van der Waals surface area contributed by atoms with Crippen LogP contribution >= 0.6 is 22.6 Å². The summed E-state index contributed by atoms with van der Waals surface area (Å²) in [4.78, 5) is 29.2. The van der Waals surface area contributed by atoms with Crippen molar-refractivity contribution >= 4 is 45.8 Å². The van der Waals surface area contributed by atoms with E-state index < -0.39 is 0 Å². The van der Waals surface area contributed by atoms with Gasteiger partial charge in [-0.15, -0.1) is 0 Å². The van der Waals surface area contributed by atoms with Crippen LogP contribution in [0.4, 0.5) is 16.2 Å². The lowest BCUT2D eigenvalue weighted by Gasteiger charge is -2.31. The number of rotatable bonds is 5. The number of halogens is 1. The van der Waals surface area contributed by atoms with Crippen molar-refractivity contribution in [3.8, 4) is 0 Å². The van der Waals surface area contributed by atoms with Gasteiger partial charge in [0.2, 0.25) is 0 Å². The minimum absolute atomic E-state index is 0.0706. The molecule has 3 rings (SSSR count). The topological polar surface area (TPSA) is 64.7 Å². The summed E-state index contributed by atoms with van der Waals surface area (Å²) in [5, 5.41) is 5.57. The number of anilines is 2. The number of piperazine rings is 1. The third kappa shape index (κ3) is 6.02. The van der Waals surface area contributed by atoms with Gasteiger partial charge in [0, 0.05) is 46.7 Å². The molecule has 0 aliphatic carbocycles. The number of nitrogens with one attached hydrogen (secondary N) is 2. The number of amides is 2. The maximum Gasteiger partial charge on any atom is 0.323 e. The van der Waals surface area contributed by atoms with Gasteiger partial charge in [0.15, 0.2) is 5.78 Å². The Kier molecular flexibility index (Phi) is 6.81. The molecular formula is C20H23IN4O2. The van der Waals surface area contributed by atoms with Gasteiger partial charge in [-0.2, -0.15) is 0 Å².